The third-order valence-corrected chi connectivity index (χ3v) is 6.04. The molecule has 0 aliphatic carbocycles. The van der Waals surface area contributed by atoms with E-state index >= 15 is 0 Å². The molecule has 0 radical (unpaired) electrons. The summed E-state index contributed by atoms with van der Waals surface area (Å²) < 4.78 is 10.9. The Morgan fingerprint density at radius 3 is 2.58 bits per heavy atom. The summed E-state index contributed by atoms with van der Waals surface area (Å²) in [5.74, 6) is 0.211. The highest BCUT2D eigenvalue weighted by molar-refractivity contribution is 7.11. The second kappa shape index (κ2) is 8.51. The molecule has 3 aromatic rings. The van der Waals surface area contributed by atoms with Crippen LogP contribution < -0.4 is 9.64 Å². The Bertz CT molecular complexity index is 1140. The lowest BCUT2D eigenvalue weighted by atomic mass is 10.1. The van der Waals surface area contributed by atoms with E-state index in [1.807, 2.05) is 44.2 Å². The number of ether oxygens (including phenoxy) is 2. The summed E-state index contributed by atoms with van der Waals surface area (Å²) in [7, 11) is 0. The highest BCUT2D eigenvalue weighted by Gasteiger charge is 2.32. The van der Waals surface area contributed by atoms with E-state index in [0.717, 1.165) is 32.4 Å². The molecule has 1 unspecified atom stereocenters. The second-order valence-corrected chi connectivity index (χ2v) is 8.83. The van der Waals surface area contributed by atoms with Crippen molar-refractivity contribution in [1.29, 1.82) is 0 Å². The van der Waals surface area contributed by atoms with Crippen molar-refractivity contribution in [2.75, 3.05) is 11.5 Å². The monoisotopic (exact) mass is 436 g/mol. The minimum absolute atomic E-state index is 0.106. The molecule has 0 N–H and O–H groups in total. The molecule has 31 heavy (non-hydrogen) atoms. The molecule has 0 spiro atoms. The molecule has 1 atom stereocenters. The van der Waals surface area contributed by atoms with Gasteiger partial charge in [-0.05, 0) is 63.6 Å². The average Bonchev–Trinajstić information content (AvgIpc) is 3.09. The molecule has 7 heteroatoms. The predicted octanol–water partition coefficient (Wildman–Crippen LogP) is 4.92. The highest BCUT2D eigenvalue weighted by Crippen LogP contribution is 2.39. The fraction of sp³-hybridized carbons (Fsp3) is 0.292. The van der Waals surface area contributed by atoms with Gasteiger partial charge in [0.05, 0.1) is 35.1 Å². The van der Waals surface area contributed by atoms with Crippen LogP contribution in [0.15, 0.2) is 42.5 Å². The fourth-order valence-corrected chi connectivity index (χ4v) is 4.50. The van der Waals surface area contributed by atoms with Crippen LogP contribution in [0.1, 0.15) is 39.7 Å². The van der Waals surface area contributed by atoms with Crippen molar-refractivity contribution in [3.63, 3.8) is 0 Å². The minimum atomic E-state index is -0.569. The van der Waals surface area contributed by atoms with Gasteiger partial charge in [0, 0.05) is 10.4 Å². The SMILES string of the molecule is CCOC(=O)c1ccc(CN2C(=O)C(C)Oc3ccc(-c4nc(C)sc4C)cc32)cc1. The zero-order chi connectivity index (χ0) is 22.1. The van der Waals surface area contributed by atoms with Crippen LogP contribution in [0.5, 0.6) is 5.75 Å². The number of nitrogens with zero attached hydrogens (tertiary/aromatic N) is 2. The Balaban J connectivity index is 1.67. The maximum atomic E-state index is 13.0. The summed E-state index contributed by atoms with van der Waals surface area (Å²) >= 11 is 1.65. The summed E-state index contributed by atoms with van der Waals surface area (Å²) in [4.78, 5) is 32.4. The van der Waals surface area contributed by atoms with E-state index in [1.54, 1.807) is 42.2 Å². The van der Waals surface area contributed by atoms with Gasteiger partial charge in [0.25, 0.3) is 5.91 Å². The summed E-state index contributed by atoms with van der Waals surface area (Å²) in [5.41, 5.74) is 4.00. The Morgan fingerprint density at radius 2 is 1.94 bits per heavy atom. The first kappa shape index (κ1) is 21.1. The third kappa shape index (κ3) is 4.18. The van der Waals surface area contributed by atoms with Gasteiger partial charge in [0.15, 0.2) is 6.10 Å². The summed E-state index contributed by atoms with van der Waals surface area (Å²) in [5, 5.41) is 1.00. The van der Waals surface area contributed by atoms with Crippen molar-refractivity contribution in [3.05, 3.63) is 63.5 Å². The Labute approximate surface area is 185 Å². The van der Waals surface area contributed by atoms with Crippen LogP contribution in [0.25, 0.3) is 11.3 Å². The fourth-order valence-electron chi connectivity index (χ4n) is 3.66. The van der Waals surface area contributed by atoms with Crippen LogP contribution in [0.4, 0.5) is 5.69 Å². The summed E-state index contributed by atoms with van der Waals surface area (Å²) in [6.45, 7) is 8.27. The van der Waals surface area contributed by atoms with E-state index in [1.165, 1.54) is 0 Å². The minimum Gasteiger partial charge on any atom is -0.479 e. The van der Waals surface area contributed by atoms with E-state index in [2.05, 4.69) is 4.98 Å². The molecule has 0 saturated carbocycles. The first-order chi connectivity index (χ1) is 14.9. The van der Waals surface area contributed by atoms with E-state index in [-0.39, 0.29) is 11.9 Å². The Hall–Kier alpha value is -3.19. The topological polar surface area (TPSA) is 68.7 Å². The van der Waals surface area contributed by atoms with Gasteiger partial charge in [-0.1, -0.05) is 12.1 Å². The third-order valence-electron chi connectivity index (χ3n) is 5.15. The molecule has 0 bridgehead atoms. The van der Waals surface area contributed by atoms with E-state index in [4.69, 9.17) is 9.47 Å². The lowest BCUT2D eigenvalue weighted by molar-refractivity contribution is -0.125. The summed E-state index contributed by atoms with van der Waals surface area (Å²) in [6.07, 6.45) is -0.569. The molecule has 0 saturated heterocycles. The second-order valence-electron chi connectivity index (χ2n) is 7.42. The lowest BCUT2D eigenvalue weighted by Crippen LogP contribution is -2.44. The van der Waals surface area contributed by atoms with Crippen molar-refractivity contribution in [2.24, 2.45) is 0 Å². The summed E-state index contributed by atoms with van der Waals surface area (Å²) in [6, 6.07) is 13.0. The van der Waals surface area contributed by atoms with Crippen molar-refractivity contribution in [1.82, 2.24) is 4.98 Å². The van der Waals surface area contributed by atoms with Crippen LogP contribution >= 0.6 is 11.3 Å². The van der Waals surface area contributed by atoms with E-state index < -0.39 is 6.10 Å². The zero-order valence-electron chi connectivity index (χ0n) is 18.0. The molecule has 2 heterocycles. The van der Waals surface area contributed by atoms with Crippen LogP contribution in [0.2, 0.25) is 0 Å². The normalized spacial score (nSPS) is 15.4. The molecule has 160 valence electrons. The number of aromatic nitrogens is 1. The number of carbonyl (C=O) groups is 2. The maximum absolute atomic E-state index is 13.0. The van der Waals surface area contributed by atoms with Gasteiger partial charge >= 0.3 is 5.97 Å². The number of carbonyl (C=O) groups excluding carboxylic acids is 2. The number of esters is 1. The largest absolute Gasteiger partial charge is 0.479 e. The smallest absolute Gasteiger partial charge is 0.338 e. The van der Waals surface area contributed by atoms with E-state index in [0.29, 0.717) is 24.5 Å². The molecular weight excluding hydrogens is 412 g/mol. The number of amides is 1. The van der Waals surface area contributed by atoms with Crippen molar-refractivity contribution in [2.45, 2.75) is 40.3 Å². The number of benzene rings is 2. The number of anilines is 1. The number of rotatable bonds is 5. The van der Waals surface area contributed by atoms with Crippen molar-refractivity contribution >= 4 is 28.9 Å². The standard InChI is InChI=1S/C24H24N2O4S/c1-5-29-24(28)18-8-6-17(7-9-18)13-26-20-12-19(22-15(3)31-16(4)25-22)10-11-21(20)30-14(2)23(26)27/h6-12,14H,5,13H2,1-4H3. The molecule has 4 rings (SSSR count). The molecule has 0 fully saturated rings. The van der Waals surface area contributed by atoms with Crippen LogP contribution in [-0.2, 0) is 16.1 Å². The van der Waals surface area contributed by atoms with Crippen molar-refractivity contribution in [3.8, 4) is 17.0 Å². The average molecular weight is 437 g/mol. The first-order valence-electron chi connectivity index (χ1n) is 10.2. The van der Waals surface area contributed by atoms with Crippen LogP contribution in [-0.4, -0.2) is 29.6 Å². The van der Waals surface area contributed by atoms with Gasteiger partial charge in [0.1, 0.15) is 5.75 Å². The molecule has 6 nitrogen and oxygen atoms in total. The highest BCUT2D eigenvalue weighted by atomic mass is 32.1. The molecule has 1 aliphatic heterocycles. The van der Waals surface area contributed by atoms with Gasteiger partial charge in [-0.15, -0.1) is 11.3 Å². The van der Waals surface area contributed by atoms with Crippen molar-refractivity contribution < 1.29 is 19.1 Å². The Morgan fingerprint density at radius 1 is 1.19 bits per heavy atom. The van der Waals surface area contributed by atoms with E-state index in [9.17, 15) is 9.59 Å². The van der Waals surface area contributed by atoms with Gasteiger partial charge in [-0.25, -0.2) is 9.78 Å². The molecule has 1 aromatic heterocycles. The van der Waals surface area contributed by atoms with Gasteiger partial charge in [-0.3, -0.25) is 4.79 Å². The Kier molecular flexibility index (Phi) is 5.78. The lowest BCUT2D eigenvalue weighted by Gasteiger charge is -2.33. The van der Waals surface area contributed by atoms with Gasteiger partial charge < -0.3 is 14.4 Å². The maximum Gasteiger partial charge on any atom is 0.338 e. The molecule has 1 aliphatic rings. The number of aryl methyl sites for hydroxylation is 2. The number of hydrogen-bond donors (Lipinski definition) is 0. The molecule has 1 amide bonds. The quantitative estimate of drug-likeness (QED) is 0.531. The molecular formula is C24H24N2O4S. The number of hydrogen-bond acceptors (Lipinski definition) is 6. The molecule has 2 aromatic carbocycles. The van der Waals surface area contributed by atoms with Gasteiger partial charge in [-0.2, -0.15) is 0 Å². The number of fused-ring (bicyclic) bond motifs is 1. The predicted molar refractivity (Wildman–Crippen MR) is 121 cm³/mol. The van der Waals surface area contributed by atoms with Gasteiger partial charge in [0.2, 0.25) is 0 Å². The zero-order valence-corrected chi connectivity index (χ0v) is 18.8. The number of thiazole rings is 1. The first-order valence-corrected chi connectivity index (χ1v) is 11.0. The van der Waals surface area contributed by atoms with Crippen LogP contribution in [0, 0.1) is 13.8 Å². The van der Waals surface area contributed by atoms with Crippen LogP contribution in [0.3, 0.4) is 0 Å².